The molecular weight excluding hydrogens is 284 g/mol. The molecule has 0 saturated carbocycles. The molecule has 22 heavy (non-hydrogen) atoms. The Hall–Kier alpha value is -3.29. The summed E-state index contributed by atoms with van der Waals surface area (Å²) in [4.78, 5) is 20.6. The molecule has 0 amide bonds. The summed E-state index contributed by atoms with van der Waals surface area (Å²) in [7, 11) is 0. The van der Waals surface area contributed by atoms with Gasteiger partial charge in [-0.05, 0) is 18.2 Å². The smallest absolute Gasteiger partial charge is 0.340 e. The molecule has 1 aromatic carbocycles. The topological polar surface area (TPSA) is 98.1 Å². The predicted molar refractivity (Wildman–Crippen MR) is 76.0 cm³/mol. The summed E-state index contributed by atoms with van der Waals surface area (Å²) in [6.07, 6.45) is 5.26. The number of benzene rings is 1. The van der Waals surface area contributed by atoms with Crippen LogP contribution in [0.1, 0.15) is 16.1 Å². The van der Waals surface area contributed by atoms with Crippen molar-refractivity contribution in [3.8, 4) is 0 Å². The lowest BCUT2D eigenvalue weighted by Crippen LogP contribution is -2.06. The van der Waals surface area contributed by atoms with Crippen molar-refractivity contribution >= 4 is 22.8 Å². The normalized spacial score (nSPS) is 11.1. The van der Waals surface area contributed by atoms with Crippen molar-refractivity contribution < 1.29 is 9.53 Å². The summed E-state index contributed by atoms with van der Waals surface area (Å²) < 4.78 is 7.06. The van der Waals surface area contributed by atoms with E-state index in [9.17, 15) is 4.79 Å². The van der Waals surface area contributed by atoms with Gasteiger partial charge in [0.1, 0.15) is 17.6 Å². The van der Waals surface area contributed by atoms with Crippen molar-refractivity contribution in [2.45, 2.75) is 6.61 Å². The zero-order chi connectivity index (χ0) is 14.9. The lowest BCUT2D eigenvalue weighted by atomic mass is 10.2. The number of aromatic amines is 1. The minimum atomic E-state index is -0.468. The Morgan fingerprint density at radius 2 is 2.23 bits per heavy atom. The Labute approximate surface area is 123 Å². The largest absolute Gasteiger partial charge is 0.455 e. The molecule has 108 valence electrons. The monoisotopic (exact) mass is 294 g/mol. The van der Waals surface area contributed by atoms with Crippen molar-refractivity contribution in [1.29, 1.82) is 0 Å². The van der Waals surface area contributed by atoms with E-state index in [1.165, 1.54) is 0 Å². The summed E-state index contributed by atoms with van der Waals surface area (Å²) >= 11 is 0. The van der Waals surface area contributed by atoms with E-state index in [-0.39, 0.29) is 6.61 Å². The summed E-state index contributed by atoms with van der Waals surface area (Å²) in [6, 6.07) is 6.95. The van der Waals surface area contributed by atoms with E-state index in [2.05, 4.69) is 25.4 Å². The molecule has 0 radical (unpaired) electrons. The van der Waals surface area contributed by atoms with E-state index in [1.807, 2.05) is 6.20 Å². The summed E-state index contributed by atoms with van der Waals surface area (Å²) in [5, 5.41) is 10.4. The molecule has 0 fully saturated rings. The van der Waals surface area contributed by atoms with Gasteiger partial charge in [-0.2, -0.15) is 15.4 Å². The molecule has 4 rings (SSSR count). The molecule has 4 aromatic rings. The molecule has 0 atom stereocenters. The molecule has 0 unspecified atom stereocenters. The number of rotatable bonds is 3. The molecule has 3 heterocycles. The van der Waals surface area contributed by atoms with Gasteiger partial charge in [0.15, 0.2) is 0 Å². The van der Waals surface area contributed by atoms with Gasteiger partial charge < -0.3 is 4.74 Å². The summed E-state index contributed by atoms with van der Waals surface area (Å²) in [5.74, 6) is 0.0941. The first-order valence-corrected chi connectivity index (χ1v) is 6.56. The number of carbonyl (C=O) groups excluding carboxylic acids is 1. The van der Waals surface area contributed by atoms with E-state index in [0.717, 1.165) is 0 Å². The Morgan fingerprint density at radius 1 is 1.27 bits per heavy atom. The van der Waals surface area contributed by atoms with Crippen molar-refractivity contribution in [3.05, 3.63) is 54.1 Å². The molecule has 0 aliphatic carbocycles. The number of nitrogens with zero attached hydrogens (tertiary/aromatic N) is 5. The zero-order valence-corrected chi connectivity index (χ0v) is 11.3. The standard InChI is InChI=1S/C14H10N6O2/c21-13(10-3-1-4-11-12(10)18-19-17-11)22-8-9-7-20-6-2-5-15-14(20)16-9/h1-7H,8H2,(H,17,18,19). The first-order chi connectivity index (χ1) is 10.8. The highest BCUT2D eigenvalue weighted by atomic mass is 16.5. The molecule has 0 spiro atoms. The summed E-state index contributed by atoms with van der Waals surface area (Å²) in [5.41, 5.74) is 2.10. The second-order valence-electron chi connectivity index (χ2n) is 4.63. The maximum Gasteiger partial charge on any atom is 0.340 e. The van der Waals surface area contributed by atoms with E-state index in [0.29, 0.717) is 28.1 Å². The third-order valence-electron chi connectivity index (χ3n) is 3.20. The molecular formula is C14H10N6O2. The number of esters is 1. The second-order valence-corrected chi connectivity index (χ2v) is 4.63. The van der Waals surface area contributed by atoms with Gasteiger partial charge in [-0.3, -0.25) is 4.40 Å². The molecule has 8 heteroatoms. The van der Waals surface area contributed by atoms with E-state index >= 15 is 0 Å². The van der Waals surface area contributed by atoms with Gasteiger partial charge in [0.25, 0.3) is 0 Å². The van der Waals surface area contributed by atoms with Crippen LogP contribution in [0, 0.1) is 0 Å². The van der Waals surface area contributed by atoms with Gasteiger partial charge >= 0.3 is 5.97 Å². The zero-order valence-electron chi connectivity index (χ0n) is 11.3. The van der Waals surface area contributed by atoms with Gasteiger partial charge in [0.05, 0.1) is 11.3 Å². The number of hydrogen-bond donors (Lipinski definition) is 1. The Morgan fingerprint density at radius 3 is 3.14 bits per heavy atom. The number of ether oxygens (including phenoxy) is 1. The maximum absolute atomic E-state index is 12.2. The number of imidazole rings is 1. The molecule has 0 saturated heterocycles. The predicted octanol–water partition coefficient (Wildman–Crippen LogP) is 1.36. The summed E-state index contributed by atoms with van der Waals surface area (Å²) in [6.45, 7) is 0.0659. The van der Waals surface area contributed by atoms with Crippen LogP contribution in [-0.2, 0) is 11.3 Å². The average molecular weight is 294 g/mol. The van der Waals surface area contributed by atoms with Crippen LogP contribution in [0.4, 0.5) is 0 Å². The maximum atomic E-state index is 12.2. The van der Waals surface area contributed by atoms with Crippen LogP contribution < -0.4 is 0 Å². The molecule has 8 nitrogen and oxygen atoms in total. The number of hydrogen-bond acceptors (Lipinski definition) is 6. The van der Waals surface area contributed by atoms with Gasteiger partial charge in [-0.1, -0.05) is 6.07 Å². The number of fused-ring (bicyclic) bond motifs is 2. The van der Waals surface area contributed by atoms with Gasteiger partial charge in [0.2, 0.25) is 5.78 Å². The third-order valence-corrected chi connectivity index (χ3v) is 3.20. The third kappa shape index (κ3) is 2.06. The fraction of sp³-hybridized carbons (Fsp3) is 0.0714. The van der Waals surface area contributed by atoms with Crippen LogP contribution in [0.25, 0.3) is 16.8 Å². The van der Waals surface area contributed by atoms with Gasteiger partial charge in [-0.25, -0.2) is 14.8 Å². The lowest BCUT2D eigenvalue weighted by molar-refractivity contribution is 0.0470. The fourth-order valence-electron chi connectivity index (χ4n) is 2.20. The van der Waals surface area contributed by atoms with Gasteiger partial charge in [-0.15, -0.1) is 0 Å². The van der Waals surface area contributed by atoms with Crippen LogP contribution >= 0.6 is 0 Å². The Balaban J connectivity index is 1.56. The minimum Gasteiger partial charge on any atom is -0.455 e. The first-order valence-electron chi connectivity index (χ1n) is 6.56. The average Bonchev–Trinajstić information content (AvgIpc) is 3.18. The first kappa shape index (κ1) is 12.5. The van der Waals surface area contributed by atoms with Crippen molar-refractivity contribution in [3.63, 3.8) is 0 Å². The SMILES string of the molecule is O=C(OCc1cn2cccnc2n1)c1cccc2n[nH]nc12. The van der Waals surface area contributed by atoms with Gasteiger partial charge in [0, 0.05) is 18.6 Å². The highest BCUT2D eigenvalue weighted by Crippen LogP contribution is 2.15. The number of carbonyl (C=O) groups is 1. The highest BCUT2D eigenvalue weighted by Gasteiger charge is 2.14. The Bertz CT molecular complexity index is 940. The quantitative estimate of drug-likeness (QED) is 0.573. The fourth-order valence-corrected chi connectivity index (χ4v) is 2.20. The number of H-pyrrole nitrogens is 1. The molecule has 0 aliphatic rings. The molecule has 3 aromatic heterocycles. The number of aromatic nitrogens is 6. The van der Waals surface area contributed by atoms with Crippen LogP contribution in [0.2, 0.25) is 0 Å². The van der Waals surface area contributed by atoms with Crippen molar-refractivity contribution in [1.82, 2.24) is 29.8 Å². The molecule has 0 aliphatic heterocycles. The minimum absolute atomic E-state index is 0.0659. The van der Waals surface area contributed by atoms with Crippen molar-refractivity contribution in [2.75, 3.05) is 0 Å². The lowest BCUT2D eigenvalue weighted by Gasteiger charge is -2.02. The van der Waals surface area contributed by atoms with Crippen LogP contribution in [0.3, 0.4) is 0 Å². The van der Waals surface area contributed by atoms with E-state index < -0.39 is 5.97 Å². The number of para-hydroxylation sites is 1. The van der Waals surface area contributed by atoms with Crippen LogP contribution in [-0.4, -0.2) is 35.7 Å². The van der Waals surface area contributed by atoms with Crippen molar-refractivity contribution in [2.24, 2.45) is 0 Å². The van der Waals surface area contributed by atoms with Crippen LogP contribution in [0.5, 0.6) is 0 Å². The Kier molecular flexibility index (Phi) is 2.78. The van der Waals surface area contributed by atoms with E-state index in [4.69, 9.17) is 4.74 Å². The van der Waals surface area contributed by atoms with E-state index in [1.54, 1.807) is 41.1 Å². The number of nitrogens with one attached hydrogen (secondary N) is 1. The highest BCUT2D eigenvalue weighted by molar-refractivity contribution is 6.01. The molecule has 0 bridgehead atoms. The second kappa shape index (κ2) is 4.92. The van der Waals surface area contributed by atoms with Crippen LogP contribution in [0.15, 0.2) is 42.9 Å². The molecule has 1 N–H and O–H groups in total.